The second kappa shape index (κ2) is 15.8. The fraction of sp³-hybridized carbons (Fsp3) is 0.486. The molecule has 0 radical (unpaired) electrons. The van der Waals surface area contributed by atoms with E-state index in [1.54, 1.807) is 24.3 Å². The predicted molar refractivity (Wildman–Crippen MR) is 173 cm³/mol. The lowest BCUT2D eigenvalue weighted by molar-refractivity contribution is 0.0146. The first-order valence-corrected chi connectivity index (χ1v) is 15.9. The normalized spacial score (nSPS) is 17.2. The van der Waals surface area contributed by atoms with Crippen molar-refractivity contribution < 1.29 is 27.8 Å². The minimum atomic E-state index is -3.30. The van der Waals surface area contributed by atoms with Crippen molar-refractivity contribution in [1.82, 2.24) is 15.3 Å². The average molecular weight is 625 g/mol. The molecule has 0 aliphatic heterocycles. The number of anilines is 2. The summed E-state index contributed by atoms with van der Waals surface area (Å²) in [5.41, 5.74) is 2.32. The molecule has 2 aliphatic rings. The first-order valence-electron chi connectivity index (χ1n) is 15.9. The number of amides is 1. The second-order valence-corrected chi connectivity index (χ2v) is 11.1. The van der Waals surface area contributed by atoms with Crippen LogP contribution in [-0.2, 0) is 12.3 Å². The van der Waals surface area contributed by atoms with Crippen molar-refractivity contribution in [2.24, 2.45) is 5.92 Å². The van der Waals surface area contributed by atoms with Gasteiger partial charge in [0.25, 0.3) is 11.8 Å². The Kier molecular flexibility index (Phi) is 12.4. The molecule has 1 amide bonds. The molecule has 0 saturated heterocycles. The van der Waals surface area contributed by atoms with Crippen LogP contribution in [0.5, 0.6) is 17.4 Å². The van der Waals surface area contributed by atoms with Crippen molar-refractivity contribution in [3.8, 4) is 17.4 Å². The molecule has 10 heteroatoms. The third-order valence-corrected chi connectivity index (χ3v) is 7.76. The number of methoxy groups -OCH3 is 1. The summed E-state index contributed by atoms with van der Waals surface area (Å²) in [7, 11) is 1.48. The molecule has 2 N–H and O–H groups in total. The number of fused-ring (bicyclic) bond motifs is 1. The standard InChI is InChI=1S/C31H34F2N4O4.2C2H6/c1-17-7-5-9-20(13-17)35-28(39)21-15-26(40-4)23(14-18(21)2)36-30-34-16-22(31(3,32)33)29(37-30)41-25-10-6-8-19-11-12-24(38)27(19)25;2*1-2/h6,8,10,14-17,20H,5,7,9,11-13H2,1-4H3,(H,35,39)(H,34,36,37);2*1-2H3. The van der Waals surface area contributed by atoms with Gasteiger partial charge in [-0.1, -0.05) is 59.6 Å². The maximum Gasteiger partial charge on any atom is 0.277 e. The number of benzene rings is 2. The number of rotatable bonds is 8. The Bertz CT molecular complexity index is 1490. The van der Waals surface area contributed by atoms with E-state index in [1.807, 2.05) is 40.7 Å². The monoisotopic (exact) mass is 624 g/mol. The van der Waals surface area contributed by atoms with Crippen LogP contribution in [0, 0.1) is 12.8 Å². The van der Waals surface area contributed by atoms with E-state index in [-0.39, 0.29) is 35.3 Å². The maximum absolute atomic E-state index is 14.5. The van der Waals surface area contributed by atoms with Gasteiger partial charge in [0.1, 0.15) is 17.1 Å². The van der Waals surface area contributed by atoms with Crippen LogP contribution >= 0.6 is 0 Å². The van der Waals surface area contributed by atoms with Crippen molar-refractivity contribution >= 4 is 23.3 Å². The van der Waals surface area contributed by atoms with Gasteiger partial charge >= 0.3 is 0 Å². The molecule has 1 heterocycles. The van der Waals surface area contributed by atoms with Crippen LogP contribution in [0.25, 0.3) is 0 Å². The van der Waals surface area contributed by atoms with E-state index >= 15 is 0 Å². The SMILES string of the molecule is CC.CC.COc1cc(C(=O)NC2CCCC(C)C2)c(C)cc1Nc1ncc(C(C)(F)F)c(Oc2cccc3c2C(=O)CC3)n1. The molecule has 45 heavy (non-hydrogen) atoms. The summed E-state index contributed by atoms with van der Waals surface area (Å²) in [6.45, 7) is 12.7. The molecule has 1 aromatic heterocycles. The first-order chi connectivity index (χ1) is 21.5. The number of ketones is 1. The zero-order valence-electron chi connectivity index (χ0n) is 27.6. The Hall–Kier alpha value is -4.08. The Morgan fingerprint density at radius 1 is 1.07 bits per heavy atom. The van der Waals surface area contributed by atoms with E-state index in [0.29, 0.717) is 46.9 Å². The number of carbonyl (C=O) groups is 2. The molecule has 5 rings (SSSR count). The fourth-order valence-electron chi connectivity index (χ4n) is 5.62. The number of carbonyl (C=O) groups excluding carboxylic acids is 2. The summed E-state index contributed by atoms with van der Waals surface area (Å²) in [5.74, 6) is -2.83. The Labute approximate surface area is 265 Å². The zero-order valence-corrected chi connectivity index (χ0v) is 27.6. The summed E-state index contributed by atoms with van der Waals surface area (Å²) in [4.78, 5) is 33.9. The minimum Gasteiger partial charge on any atom is -0.495 e. The average Bonchev–Trinajstić information content (AvgIpc) is 3.40. The van der Waals surface area contributed by atoms with E-state index in [0.717, 1.165) is 37.9 Å². The van der Waals surface area contributed by atoms with E-state index in [9.17, 15) is 18.4 Å². The quantitative estimate of drug-likeness (QED) is 0.258. The molecular formula is C35H46F2N4O4. The summed E-state index contributed by atoms with van der Waals surface area (Å²) in [6, 6.07) is 8.62. The highest BCUT2D eigenvalue weighted by molar-refractivity contribution is 6.03. The molecule has 3 aromatic rings. The van der Waals surface area contributed by atoms with Gasteiger partial charge in [0, 0.05) is 31.1 Å². The van der Waals surface area contributed by atoms with E-state index in [4.69, 9.17) is 9.47 Å². The van der Waals surface area contributed by atoms with Crippen molar-refractivity contribution in [2.75, 3.05) is 12.4 Å². The Morgan fingerprint density at radius 2 is 1.80 bits per heavy atom. The molecule has 0 bridgehead atoms. The van der Waals surface area contributed by atoms with Gasteiger partial charge in [-0.15, -0.1) is 0 Å². The second-order valence-electron chi connectivity index (χ2n) is 11.1. The molecule has 2 aliphatic carbocycles. The summed E-state index contributed by atoms with van der Waals surface area (Å²) < 4.78 is 40.4. The van der Waals surface area contributed by atoms with Crippen molar-refractivity contribution in [3.63, 3.8) is 0 Å². The van der Waals surface area contributed by atoms with E-state index in [2.05, 4.69) is 27.5 Å². The molecule has 244 valence electrons. The Morgan fingerprint density at radius 3 is 2.47 bits per heavy atom. The minimum absolute atomic E-state index is 0.0157. The van der Waals surface area contributed by atoms with Crippen LogP contribution in [0.15, 0.2) is 36.5 Å². The topological polar surface area (TPSA) is 102 Å². The lowest BCUT2D eigenvalue weighted by atomic mass is 9.87. The highest BCUT2D eigenvalue weighted by Crippen LogP contribution is 2.39. The van der Waals surface area contributed by atoms with E-state index < -0.39 is 11.5 Å². The molecule has 1 saturated carbocycles. The number of alkyl halides is 2. The smallest absolute Gasteiger partial charge is 0.277 e. The van der Waals surface area contributed by atoms with Gasteiger partial charge in [-0.25, -0.2) is 13.8 Å². The largest absolute Gasteiger partial charge is 0.495 e. The van der Waals surface area contributed by atoms with Crippen molar-refractivity contribution in [2.45, 2.75) is 99.0 Å². The number of nitrogens with zero attached hydrogens (tertiary/aromatic N) is 2. The highest BCUT2D eigenvalue weighted by atomic mass is 19.3. The molecular weight excluding hydrogens is 578 g/mol. The van der Waals surface area contributed by atoms with Crippen LogP contribution < -0.4 is 20.1 Å². The number of ether oxygens (including phenoxy) is 2. The zero-order chi connectivity index (χ0) is 33.3. The predicted octanol–water partition coefficient (Wildman–Crippen LogP) is 8.93. The molecule has 2 unspecified atom stereocenters. The lowest BCUT2D eigenvalue weighted by Crippen LogP contribution is -2.38. The van der Waals surface area contributed by atoms with Crippen LogP contribution in [0.4, 0.5) is 20.4 Å². The molecule has 1 fully saturated rings. The van der Waals surface area contributed by atoms with Crippen LogP contribution in [0.2, 0.25) is 0 Å². The lowest BCUT2D eigenvalue weighted by Gasteiger charge is -2.27. The summed E-state index contributed by atoms with van der Waals surface area (Å²) in [5, 5.41) is 6.16. The highest BCUT2D eigenvalue weighted by Gasteiger charge is 2.33. The molecule has 8 nitrogen and oxygen atoms in total. The third kappa shape index (κ3) is 8.55. The van der Waals surface area contributed by atoms with E-state index in [1.165, 1.54) is 13.5 Å². The maximum atomic E-state index is 14.5. The number of nitrogens with one attached hydrogen (secondary N) is 2. The molecule has 2 atom stereocenters. The van der Waals surface area contributed by atoms with Crippen LogP contribution in [0.3, 0.4) is 0 Å². The van der Waals surface area contributed by atoms with Gasteiger partial charge in [0.2, 0.25) is 11.8 Å². The Balaban J connectivity index is 0.00000133. The summed E-state index contributed by atoms with van der Waals surface area (Å²) >= 11 is 0. The third-order valence-electron chi connectivity index (χ3n) is 7.76. The summed E-state index contributed by atoms with van der Waals surface area (Å²) in [6.07, 6.45) is 6.10. The fourth-order valence-corrected chi connectivity index (χ4v) is 5.62. The van der Waals surface area contributed by atoms with Crippen LogP contribution in [-0.4, -0.2) is 34.8 Å². The number of aryl methyl sites for hydroxylation is 2. The van der Waals surface area contributed by atoms with Crippen LogP contribution in [0.1, 0.15) is 111 Å². The molecule has 2 aromatic carbocycles. The van der Waals surface area contributed by atoms with Crippen molar-refractivity contribution in [1.29, 1.82) is 0 Å². The number of halogens is 2. The number of Topliss-reactive ketones (excluding diaryl/α,β-unsaturated/α-hetero) is 1. The number of hydrogen-bond acceptors (Lipinski definition) is 7. The van der Waals surface area contributed by atoms with Gasteiger partial charge < -0.3 is 20.1 Å². The molecule has 0 spiro atoms. The van der Waals surface area contributed by atoms with Gasteiger partial charge in [0.05, 0.1) is 18.4 Å². The van der Waals surface area contributed by atoms with Gasteiger partial charge in [-0.3, -0.25) is 9.59 Å². The van der Waals surface area contributed by atoms with Gasteiger partial charge in [0.15, 0.2) is 5.78 Å². The number of aromatic nitrogens is 2. The van der Waals surface area contributed by atoms with Gasteiger partial charge in [-0.05, 0) is 61.4 Å². The number of hydrogen-bond donors (Lipinski definition) is 2. The first kappa shape index (κ1) is 35.4. The van der Waals surface area contributed by atoms with Crippen molar-refractivity contribution in [3.05, 3.63) is 64.3 Å². The van der Waals surface area contributed by atoms with Gasteiger partial charge in [-0.2, -0.15) is 4.98 Å².